The Balaban J connectivity index is -0.000000295. The second-order valence-corrected chi connectivity index (χ2v) is 17.4. The predicted molar refractivity (Wildman–Crippen MR) is 105 cm³/mol. The molecule has 0 radical (unpaired) electrons. The van der Waals surface area contributed by atoms with Crippen LogP contribution in [-0.4, -0.2) is 34.0 Å². The predicted octanol–water partition coefficient (Wildman–Crippen LogP) is 7.39. The molecule has 0 aromatic rings. The topological polar surface area (TPSA) is 0 Å². The summed E-state index contributed by atoms with van der Waals surface area (Å²) in [6.07, 6.45) is 0. The number of rotatable bonds is 0. The molecule has 0 saturated heterocycles. The molecular formula is C18H42P2Pt. The van der Waals surface area contributed by atoms with E-state index in [-0.39, 0.29) is 36.9 Å². The Morgan fingerprint density at radius 2 is 0.476 bits per heavy atom. The summed E-state index contributed by atoms with van der Waals surface area (Å²) in [6, 6.07) is 0. The van der Waals surface area contributed by atoms with Crippen molar-refractivity contribution in [3.05, 3.63) is 0 Å². The molecule has 0 N–H and O–H groups in total. The van der Waals surface area contributed by atoms with Crippen LogP contribution < -0.4 is 0 Å². The van der Waals surface area contributed by atoms with Crippen LogP contribution in [-0.2, 0) is 21.1 Å². The Hall–Kier alpha value is 1.55. The van der Waals surface area contributed by atoms with Gasteiger partial charge in [-0.2, -0.15) is 0 Å². The van der Waals surface area contributed by atoms with E-state index in [0.717, 1.165) is 0 Å². The van der Waals surface area contributed by atoms with Gasteiger partial charge in [-0.05, 0) is 34.0 Å². The third kappa shape index (κ3) is 12.6. The van der Waals surface area contributed by atoms with Gasteiger partial charge in [-0.15, -0.1) is 0 Å². The summed E-state index contributed by atoms with van der Waals surface area (Å²) >= 11 is 0. The molecular weight excluding hydrogens is 473 g/mol. The Morgan fingerprint density at radius 1 is 0.381 bits per heavy atom. The zero-order valence-electron chi connectivity index (χ0n) is 17.2. The van der Waals surface area contributed by atoms with Gasteiger partial charge < -0.3 is 0 Å². The van der Waals surface area contributed by atoms with Crippen molar-refractivity contribution in [2.75, 3.05) is 13.3 Å². The summed E-state index contributed by atoms with van der Waals surface area (Å²) < 4.78 is 0. The molecule has 0 bridgehead atoms. The van der Waals surface area contributed by atoms with Crippen LogP contribution >= 0.6 is 15.8 Å². The third-order valence-electron chi connectivity index (χ3n) is 4.02. The van der Waals surface area contributed by atoms with Crippen molar-refractivity contribution in [1.82, 2.24) is 0 Å². The molecule has 3 heteroatoms. The second-order valence-electron chi connectivity index (χ2n) is 9.80. The fraction of sp³-hybridized carbons (Fsp3) is 1.00. The second kappa shape index (κ2) is 9.14. The van der Waals surface area contributed by atoms with Gasteiger partial charge in [0.25, 0.3) is 0 Å². The Bertz CT molecular complexity index is 214. The summed E-state index contributed by atoms with van der Waals surface area (Å²) in [5, 5.41) is 2.03. The summed E-state index contributed by atoms with van der Waals surface area (Å²) in [7, 11) is 0.275. The molecule has 0 saturated carbocycles. The van der Waals surface area contributed by atoms with Crippen LogP contribution in [0.25, 0.3) is 0 Å². The molecule has 0 aromatic heterocycles. The van der Waals surface area contributed by atoms with Crippen molar-refractivity contribution in [3.63, 3.8) is 0 Å². The molecule has 134 valence electrons. The standard InChI is InChI=1S/2C9H21P.Pt/c2*1-8(2,3)10(7)9(4,5)6;/h2*1-7H3;. The normalized spacial score (nSPS) is 13.7. The number of hydrogen-bond donors (Lipinski definition) is 0. The molecule has 0 rings (SSSR count). The fourth-order valence-electron chi connectivity index (χ4n) is 2.01. The molecule has 21 heavy (non-hydrogen) atoms. The average Bonchev–Trinajstić information content (AvgIpc) is 2.10. The summed E-state index contributed by atoms with van der Waals surface area (Å²) in [4.78, 5) is 0. The minimum atomic E-state index is 0. The molecule has 0 nitrogen and oxygen atoms in total. The molecule has 0 aliphatic heterocycles. The van der Waals surface area contributed by atoms with E-state index >= 15 is 0 Å². The van der Waals surface area contributed by atoms with Gasteiger partial charge in [0.2, 0.25) is 0 Å². The van der Waals surface area contributed by atoms with Gasteiger partial charge in [-0.25, -0.2) is 0 Å². The van der Waals surface area contributed by atoms with E-state index in [2.05, 4.69) is 96.4 Å². The summed E-state index contributed by atoms with van der Waals surface area (Å²) in [5.74, 6) is 0. The Kier molecular flexibility index (Phi) is 11.9. The van der Waals surface area contributed by atoms with Crippen LogP contribution in [0.3, 0.4) is 0 Å². The minimum Gasteiger partial charge on any atom is -0.0988 e. The Labute approximate surface area is 153 Å². The molecule has 0 aliphatic carbocycles. The molecule has 0 spiro atoms. The van der Waals surface area contributed by atoms with Crippen molar-refractivity contribution in [2.24, 2.45) is 0 Å². The van der Waals surface area contributed by atoms with E-state index in [4.69, 9.17) is 0 Å². The van der Waals surface area contributed by atoms with Gasteiger partial charge in [-0.1, -0.05) is 98.9 Å². The van der Waals surface area contributed by atoms with E-state index in [1.807, 2.05) is 0 Å². The van der Waals surface area contributed by atoms with E-state index in [9.17, 15) is 0 Å². The smallest absolute Gasteiger partial charge is 0 e. The van der Waals surface area contributed by atoms with E-state index in [1.54, 1.807) is 0 Å². The summed E-state index contributed by atoms with van der Waals surface area (Å²) in [6.45, 7) is 32.8. The van der Waals surface area contributed by atoms with Crippen LogP contribution in [0.15, 0.2) is 0 Å². The van der Waals surface area contributed by atoms with Crippen LogP contribution in [0.4, 0.5) is 0 Å². The van der Waals surface area contributed by atoms with E-state index < -0.39 is 0 Å². The third-order valence-corrected chi connectivity index (χ3v) is 12.1. The molecule has 0 aromatic carbocycles. The van der Waals surface area contributed by atoms with Crippen molar-refractivity contribution in [2.45, 2.75) is 104 Å². The molecule has 0 heterocycles. The van der Waals surface area contributed by atoms with Crippen molar-refractivity contribution in [1.29, 1.82) is 0 Å². The first-order valence-electron chi connectivity index (χ1n) is 7.79. The van der Waals surface area contributed by atoms with Crippen molar-refractivity contribution < 1.29 is 21.1 Å². The van der Waals surface area contributed by atoms with E-state index in [0.29, 0.717) is 20.6 Å². The Morgan fingerprint density at radius 3 is 0.476 bits per heavy atom. The van der Waals surface area contributed by atoms with Crippen LogP contribution in [0, 0.1) is 0 Å². The van der Waals surface area contributed by atoms with Gasteiger partial charge >= 0.3 is 0 Å². The monoisotopic (exact) mass is 515 g/mol. The molecule has 0 atom stereocenters. The van der Waals surface area contributed by atoms with Crippen LogP contribution in [0.2, 0.25) is 0 Å². The maximum Gasteiger partial charge on any atom is 0 e. The van der Waals surface area contributed by atoms with Gasteiger partial charge in [0, 0.05) is 21.1 Å². The molecule has 0 fully saturated rings. The van der Waals surface area contributed by atoms with Gasteiger partial charge in [-0.3, -0.25) is 0 Å². The fourth-order valence-corrected chi connectivity index (χ4v) is 6.04. The summed E-state index contributed by atoms with van der Waals surface area (Å²) in [5.41, 5.74) is 0. The minimum absolute atomic E-state index is 0. The van der Waals surface area contributed by atoms with Crippen LogP contribution in [0.5, 0.6) is 0 Å². The van der Waals surface area contributed by atoms with Gasteiger partial charge in [0.1, 0.15) is 0 Å². The van der Waals surface area contributed by atoms with E-state index in [1.165, 1.54) is 0 Å². The largest absolute Gasteiger partial charge is 0.0988 e. The van der Waals surface area contributed by atoms with Crippen molar-refractivity contribution in [3.8, 4) is 0 Å². The van der Waals surface area contributed by atoms with Crippen LogP contribution in [0.1, 0.15) is 83.1 Å². The zero-order valence-corrected chi connectivity index (χ0v) is 21.3. The maximum absolute atomic E-state index is 2.40. The quantitative estimate of drug-likeness (QED) is 0.295. The molecule has 0 amide bonds. The number of hydrogen-bond acceptors (Lipinski definition) is 0. The maximum atomic E-state index is 2.40. The van der Waals surface area contributed by atoms with Gasteiger partial charge in [0.15, 0.2) is 0 Å². The first-order chi connectivity index (χ1) is 8.31. The van der Waals surface area contributed by atoms with Gasteiger partial charge in [0.05, 0.1) is 0 Å². The first kappa shape index (κ1) is 27.4. The molecule has 0 aliphatic rings. The zero-order chi connectivity index (χ0) is 17.2. The average molecular weight is 516 g/mol. The molecule has 0 unspecified atom stereocenters. The SMILES string of the molecule is CP(C(C)(C)C)C(C)(C)C.CP(C(C)(C)C)C(C)(C)C.[Pt]. The first-order valence-corrected chi connectivity index (χ1v) is 11.4. The van der Waals surface area contributed by atoms with Crippen molar-refractivity contribution >= 4 is 15.8 Å².